The van der Waals surface area contributed by atoms with E-state index in [1.54, 1.807) is 6.07 Å². The van der Waals surface area contributed by atoms with Gasteiger partial charge in [-0.2, -0.15) is 0 Å². The zero-order valence-electron chi connectivity index (χ0n) is 12.1. The molecule has 3 nitrogen and oxygen atoms in total. The zero-order chi connectivity index (χ0) is 15.8. The molecule has 0 fully saturated rings. The van der Waals surface area contributed by atoms with Gasteiger partial charge in [0, 0.05) is 22.5 Å². The fourth-order valence-corrected chi connectivity index (χ4v) is 2.98. The normalized spacial score (nSPS) is 11.0. The van der Waals surface area contributed by atoms with Crippen molar-refractivity contribution in [3.05, 3.63) is 72.5 Å². The molecule has 0 unspecified atom stereocenters. The fourth-order valence-electron chi connectivity index (χ4n) is 2.98. The molecule has 0 aliphatic heterocycles. The minimum absolute atomic E-state index is 0.0167. The Morgan fingerprint density at radius 3 is 2.04 bits per heavy atom. The zero-order valence-corrected chi connectivity index (χ0v) is 12.1. The maximum atomic E-state index is 14.2. The van der Waals surface area contributed by atoms with Gasteiger partial charge in [-0.3, -0.25) is 0 Å². The van der Waals surface area contributed by atoms with Crippen LogP contribution in [0.2, 0.25) is 0 Å². The number of rotatable bonds is 3. The number of halogens is 1. The summed E-state index contributed by atoms with van der Waals surface area (Å²) in [5.41, 5.74) is 2.72. The highest BCUT2D eigenvalue weighted by atomic mass is 19.1. The molecule has 0 saturated carbocycles. The van der Waals surface area contributed by atoms with Crippen LogP contribution in [0.25, 0.3) is 27.5 Å². The van der Waals surface area contributed by atoms with Crippen LogP contribution in [0.3, 0.4) is 0 Å². The second-order valence-corrected chi connectivity index (χ2v) is 5.21. The molecule has 0 saturated heterocycles. The van der Waals surface area contributed by atoms with Crippen molar-refractivity contribution in [3.8, 4) is 11.4 Å². The number of nitrogens with zero attached hydrogens (tertiary/aromatic N) is 1. The monoisotopic (exact) mass is 304 g/mol. The van der Waals surface area contributed by atoms with Gasteiger partial charge in [0.1, 0.15) is 5.75 Å². The molecule has 0 amide bonds. The van der Waals surface area contributed by atoms with Crippen molar-refractivity contribution in [2.45, 2.75) is 0 Å². The molecule has 0 aliphatic carbocycles. The van der Waals surface area contributed by atoms with Gasteiger partial charge in [0.05, 0.1) is 11.0 Å². The summed E-state index contributed by atoms with van der Waals surface area (Å²) in [6.45, 7) is 0. The lowest BCUT2D eigenvalue weighted by Gasteiger charge is -2.10. The van der Waals surface area contributed by atoms with Gasteiger partial charge in [0.25, 0.3) is 0 Å². The van der Waals surface area contributed by atoms with E-state index in [0.29, 0.717) is 13.4 Å². The van der Waals surface area contributed by atoms with E-state index in [2.05, 4.69) is 12.1 Å². The van der Waals surface area contributed by atoms with Crippen LogP contribution in [0.5, 0.6) is 5.75 Å². The maximum absolute atomic E-state index is 14.2. The summed E-state index contributed by atoms with van der Waals surface area (Å²) >= 11 is 0. The maximum Gasteiger partial charge on any atom is 0.569 e. The molecule has 0 aliphatic rings. The molecule has 23 heavy (non-hydrogen) atoms. The minimum atomic E-state index is -0.533. The third-order valence-corrected chi connectivity index (χ3v) is 3.93. The van der Waals surface area contributed by atoms with Gasteiger partial charge in [0.2, 0.25) is 0 Å². The second-order valence-electron chi connectivity index (χ2n) is 5.21. The first-order chi connectivity index (χ1) is 11.3. The Bertz CT molecular complexity index is 959. The van der Waals surface area contributed by atoms with Crippen molar-refractivity contribution < 1.29 is 14.1 Å². The summed E-state index contributed by atoms with van der Waals surface area (Å²) in [4.78, 5) is 0. The van der Waals surface area contributed by atoms with Gasteiger partial charge in [0.15, 0.2) is 5.82 Å². The van der Waals surface area contributed by atoms with Crippen LogP contribution >= 0.6 is 0 Å². The average molecular weight is 304 g/mol. The van der Waals surface area contributed by atoms with E-state index in [1.165, 1.54) is 12.1 Å². The van der Waals surface area contributed by atoms with Crippen molar-refractivity contribution in [1.29, 1.82) is 0 Å². The van der Waals surface area contributed by atoms with E-state index in [1.807, 2.05) is 41.0 Å². The van der Waals surface area contributed by atoms with Crippen molar-refractivity contribution in [1.82, 2.24) is 4.57 Å². The lowest BCUT2D eigenvalue weighted by molar-refractivity contribution is 0.431. The first kappa shape index (κ1) is 13.8. The highest BCUT2D eigenvalue weighted by molar-refractivity contribution is 6.17. The van der Waals surface area contributed by atoms with E-state index >= 15 is 0 Å². The third-order valence-electron chi connectivity index (χ3n) is 3.93. The van der Waals surface area contributed by atoms with Gasteiger partial charge in [-0.1, -0.05) is 36.4 Å². The molecule has 5 heteroatoms. The van der Waals surface area contributed by atoms with Crippen LogP contribution in [0.4, 0.5) is 4.39 Å². The number of hydrogen-bond acceptors (Lipinski definition) is 2. The average Bonchev–Trinajstić information content (AvgIpc) is 2.92. The van der Waals surface area contributed by atoms with Crippen LogP contribution in [-0.4, -0.2) is 17.3 Å². The van der Waals surface area contributed by atoms with Crippen molar-refractivity contribution >= 4 is 29.5 Å². The molecule has 0 atom stereocenters. The molecule has 1 heterocycles. The molecule has 3 aromatic carbocycles. The quantitative estimate of drug-likeness (QED) is 0.584. The highest BCUT2D eigenvalue weighted by Crippen LogP contribution is 2.32. The summed E-state index contributed by atoms with van der Waals surface area (Å²) in [6, 6.07) is 20.7. The van der Waals surface area contributed by atoms with Crippen LogP contribution in [0, 0.1) is 5.82 Å². The predicted octanol–water partition coefficient (Wildman–Crippen LogP) is 3.83. The summed E-state index contributed by atoms with van der Waals surface area (Å²) in [6.07, 6.45) is 0. The van der Waals surface area contributed by atoms with E-state index in [0.717, 1.165) is 21.8 Å². The lowest BCUT2D eigenvalue weighted by atomic mass is 10.2. The Morgan fingerprint density at radius 1 is 0.870 bits per heavy atom. The first-order valence-corrected chi connectivity index (χ1v) is 7.20. The third kappa shape index (κ3) is 2.17. The summed E-state index contributed by atoms with van der Waals surface area (Å²) in [7, 11) is 0.471. The Labute approximate surface area is 132 Å². The lowest BCUT2D eigenvalue weighted by Crippen LogP contribution is -2.03. The molecule has 0 bridgehead atoms. The Balaban J connectivity index is 2.02. The van der Waals surface area contributed by atoms with Gasteiger partial charge < -0.3 is 14.2 Å². The van der Waals surface area contributed by atoms with Crippen LogP contribution in [-0.2, 0) is 0 Å². The second kappa shape index (κ2) is 5.45. The van der Waals surface area contributed by atoms with Gasteiger partial charge in [-0.15, -0.1) is 0 Å². The number of hydrogen-bond donors (Lipinski definition) is 1. The standard InChI is InChI=1S/C18H12BFNO2/c20-15-11-12(9-10-18(15)23-19-22)21-16-7-3-1-5-13(16)14-6-2-4-8-17(14)21/h1-11,22H. The Kier molecular flexibility index (Phi) is 3.28. The molecule has 4 rings (SSSR count). The van der Waals surface area contributed by atoms with E-state index in [9.17, 15) is 4.39 Å². The van der Waals surface area contributed by atoms with Crippen LogP contribution < -0.4 is 4.65 Å². The number of fused-ring (bicyclic) bond motifs is 3. The van der Waals surface area contributed by atoms with Crippen molar-refractivity contribution in [2.24, 2.45) is 0 Å². The summed E-state index contributed by atoms with van der Waals surface area (Å²) in [5, 5.41) is 10.9. The topological polar surface area (TPSA) is 34.4 Å². The number of benzene rings is 3. The molecule has 111 valence electrons. The molecule has 0 spiro atoms. The van der Waals surface area contributed by atoms with Gasteiger partial charge in [-0.25, -0.2) is 4.39 Å². The molecule has 1 aromatic heterocycles. The van der Waals surface area contributed by atoms with Gasteiger partial charge in [-0.05, 0) is 24.3 Å². The Morgan fingerprint density at radius 2 is 1.48 bits per heavy atom. The molecular weight excluding hydrogens is 292 g/mol. The highest BCUT2D eigenvalue weighted by Gasteiger charge is 2.13. The molecular formula is C18H12BFNO2. The summed E-state index contributed by atoms with van der Waals surface area (Å²) in [5.74, 6) is -0.549. The van der Waals surface area contributed by atoms with E-state index in [-0.39, 0.29) is 5.75 Å². The van der Waals surface area contributed by atoms with Crippen molar-refractivity contribution in [2.75, 3.05) is 0 Å². The SMILES string of the molecule is O[B]Oc1ccc(-n2c3ccccc3c3ccccc32)cc1F. The van der Waals surface area contributed by atoms with Gasteiger partial charge >= 0.3 is 7.69 Å². The predicted molar refractivity (Wildman–Crippen MR) is 89.3 cm³/mol. The van der Waals surface area contributed by atoms with Crippen molar-refractivity contribution in [3.63, 3.8) is 0 Å². The smallest absolute Gasteiger partial charge is 0.535 e. The van der Waals surface area contributed by atoms with E-state index in [4.69, 9.17) is 9.68 Å². The van der Waals surface area contributed by atoms with Crippen LogP contribution in [0.15, 0.2) is 66.7 Å². The number of aromatic nitrogens is 1. The molecule has 1 radical (unpaired) electrons. The minimum Gasteiger partial charge on any atom is -0.535 e. The van der Waals surface area contributed by atoms with Crippen LogP contribution in [0.1, 0.15) is 0 Å². The largest absolute Gasteiger partial charge is 0.569 e. The van der Waals surface area contributed by atoms with E-state index < -0.39 is 5.82 Å². The molecule has 1 N–H and O–H groups in total. The Hall–Kier alpha value is -2.79. The summed E-state index contributed by atoms with van der Waals surface area (Å²) < 4.78 is 20.9. The number of para-hydroxylation sites is 2. The fraction of sp³-hybridized carbons (Fsp3) is 0. The first-order valence-electron chi connectivity index (χ1n) is 7.20. The molecule has 4 aromatic rings.